The highest BCUT2D eigenvalue weighted by Crippen LogP contribution is 2.25. The van der Waals surface area contributed by atoms with Crippen molar-refractivity contribution in [1.29, 1.82) is 10.5 Å². The molecular formula is C22H21ClN4O5S. The van der Waals surface area contributed by atoms with Gasteiger partial charge in [-0.1, -0.05) is 23.7 Å². The summed E-state index contributed by atoms with van der Waals surface area (Å²) in [5.41, 5.74) is 0.292. The molecule has 11 heteroatoms. The van der Waals surface area contributed by atoms with Gasteiger partial charge in [0.2, 0.25) is 0 Å². The van der Waals surface area contributed by atoms with Crippen LogP contribution in [-0.4, -0.2) is 51.9 Å². The first kappa shape index (κ1) is 25.7. The summed E-state index contributed by atoms with van der Waals surface area (Å²) >= 11 is 5.94. The van der Waals surface area contributed by atoms with Crippen LogP contribution >= 0.6 is 11.6 Å². The van der Waals surface area contributed by atoms with Crippen molar-refractivity contribution in [1.82, 2.24) is 4.90 Å². The lowest BCUT2D eigenvalue weighted by atomic mass is 10.2. The van der Waals surface area contributed by atoms with Gasteiger partial charge < -0.3 is 9.64 Å². The molecule has 0 aliphatic heterocycles. The molecule has 9 nitrogen and oxygen atoms in total. The second-order valence-corrected chi connectivity index (χ2v) is 9.16. The summed E-state index contributed by atoms with van der Waals surface area (Å²) in [5, 5.41) is 17.8. The van der Waals surface area contributed by atoms with Gasteiger partial charge in [-0.3, -0.25) is 9.10 Å². The molecule has 0 unspecified atom stereocenters. The van der Waals surface area contributed by atoms with Gasteiger partial charge in [0, 0.05) is 25.2 Å². The molecule has 0 N–H and O–H groups in total. The average molecular weight is 489 g/mol. The Hall–Kier alpha value is -3.60. The topological polar surface area (TPSA) is 132 Å². The van der Waals surface area contributed by atoms with Crippen molar-refractivity contribution in [2.75, 3.05) is 31.0 Å². The van der Waals surface area contributed by atoms with Crippen LogP contribution in [0, 0.1) is 22.7 Å². The first-order valence-electron chi connectivity index (χ1n) is 9.74. The Morgan fingerprint density at radius 2 is 1.67 bits per heavy atom. The second kappa shape index (κ2) is 11.9. The van der Waals surface area contributed by atoms with Crippen LogP contribution in [0.5, 0.6) is 0 Å². The number of esters is 1. The lowest BCUT2D eigenvalue weighted by molar-refractivity contribution is -0.134. The Kier molecular flexibility index (Phi) is 9.22. The van der Waals surface area contributed by atoms with Crippen LogP contribution in [0.3, 0.4) is 0 Å². The van der Waals surface area contributed by atoms with E-state index < -0.39 is 28.5 Å². The normalized spacial score (nSPS) is 10.5. The Balaban J connectivity index is 2.13. The van der Waals surface area contributed by atoms with Gasteiger partial charge in [0.15, 0.2) is 6.61 Å². The molecule has 2 aromatic rings. The van der Waals surface area contributed by atoms with Crippen molar-refractivity contribution >= 4 is 39.2 Å². The third-order valence-corrected chi connectivity index (χ3v) is 6.58. The van der Waals surface area contributed by atoms with Gasteiger partial charge in [0.05, 0.1) is 41.1 Å². The van der Waals surface area contributed by atoms with Crippen LogP contribution in [0.1, 0.15) is 23.2 Å². The smallest absolute Gasteiger partial charge is 0.338 e. The predicted molar refractivity (Wildman–Crippen MR) is 121 cm³/mol. The molecule has 0 spiro atoms. The molecular weight excluding hydrogens is 468 g/mol. The Morgan fingerprint density at radius 1 is 1.03 bits per heavy atom. The molecule has 0 bridgehead atoms. The fraction of sp³-hybridized carbons (Fsp3) is 0.273. The SMILES string of the molecule is CN(c1cccc(Cl)c1)S(=O)(=O)c1cccc(C(=O)OCC(=O)N(CCC#N)CCC#N)c1. The Morgan fingerprint density at radius 3 is 2.27 bits per heavy atom. The number of halogens is 1. The number of benzene rings is 2. The number of ether oxygens (including phenoxy) is 1. The molecule has 172 valence electrons. The van der Waals surface area contributed by atoms with E-state index in [0.29, 0.717) is 10.7 Å². The van der Waals surface area contributed by atoms with E-state index in [1.54, 1.807) is 18.2 Å². The number of carbonyl (C=O) groups excluding carboxylic acids is 2. The molecule has 0 fully saturated rings. The van der Waals surface area contributed by atoms with Gasteiger partial charge in [0.1, 0.15) is 0 Å². The minimum atomic E-state index is -4.00. The van der Waals surface area contributed by atoms with Gasteiger partial charge in [-0.15, -0.1) is 0 Å². The number of sulfonamides is 1. The zero-order chi connectivity index (χ0) is 24.4. The summed E-state index contributed by atoms with van der Waals surface area (Å²) in [4.78, 5) is 25.9. The molecule has 0 saturated carbocycles. The lowest BCUT2D eigenvalue weighted by Gasteiger charge is -2.20. The molecule has 2 aromatic carbocycles. The summed E-state index contributed by atoms with van der Waals surface area (Å²) in [5.74, 6) is -1.44. The fourth-order valence-electron chi connectivity index (χ4n) is 2.79. The molecule has 0 saturated heterocycles. The van der Waals surface area contributed by atoms with Gasteiger partial charge in [0.25, 0.3) is 15.9 Å². The number of hydrogen-bond acceptors (Lipinski definition) is 7. The first-order chi connectivity index (χ1) is 15.7. The summed E-state index contributed by atoms with van der Waals surface area (Å²) < 4.78 is 32.1. The van der Waals surface area contributed by atoms with E-state index in [4.69, 9.17) is 26.9 Å². The third kappa shape index (κ3) is 6.94. The maximum atomic E-state index is 13.0. The van der Waals surface area contributed by atoms with Crippen LogP contribution in [0.15, 0.2) is 53.4 Å². The molecule has 0 atom stereocenters. The molecule has 0 aliphatic carbocycles. The van der Waals surface area contributed by atoms with Crippen molar-refractivity contribution in [3.63, 3.8) is 0 Å². The average Bonchev–Trinajstić information content (AvgIpc) is 2.82. The zero-order valence-corrected chi connectivity index (χ0v) is 19.3. The van der Waals surface area contributed by atoms with Crippen molar-refractivity contribution in [3.8, 4) is 12.1 Å². The van der Waals surface area contributed by atoms with Crippen molar-refractivity contribution in [3.05, 3.63) is 59.1 Å². The number of anilines is 1. The second-order valence-electron chi connectivity index (χ2n) is 6.75. The largest absolute Gasteiger partial charge is 0.452 e. The highest BCUT2D eigenvalue weighted by molar-refractivity contribution is 7.92. The molecule has 0 aliphatic rings. The van der Waals surface area contributed by atoms with Crippen molar-refractivity contribution in [2.24, 2.45) is 0 Å². The van der Waals surface area contributed by atoms with Gasteiger partial charge in [-0.05, 0) is 36.4 Å². The summed E-state index contributed by atoms with van der Waals surface area (Å²) in [6, 6.07) is 15.4. The summed E-state index contributed by atoms with van der Waals surface area (Å²) in [7, 11) is -2.64. The van der Waals surface area contributed by atoms with Crippen LogP contribution in [0.4, 0.5) is 5.69 Å². The number of nitriles is 2. The fourth-order valence-corrected chi connectivity index (χ4v) is 4.20. The van der Waals surface area contributed by atoms with Gasteiger partial charge >= 0.3 is 5.97 Å². The molecule has 1 amide bonds. The minimum absolute atomic E-state index is 0.0519. The van der Waals surface area contributed by atoms with E-state index in [1.165, 1.54) is 36.2 Å². The standard InChI is InChI=1S/C22H21ClN4O5S/c1-26(19-8-3-7-18(23)15-19)33(30,31)20-9-2-6-17(14-20)22(29)32-16-21(28)27(12-4-10-24)13-5-11-25/h2-3,6-9,14-15H,4-5,12-13,16H2,1H3. The zero-order valence-electron chi connectivity index (χ0n) is 17.8. The van der Waals surface area contributed by atoms with Crippen molar-refractivity contribution in [2.45, 2.75) is 17.7 Å². The molecule has 0 heterocycles. The van der Waals surface area contributed by atoms with E-state index in [1.807, 2.05) is 12.1 Å². The monoisotopic (exact) mass is 488 g/mol. The highest BCUT2D eigenvalue weighted by atomic mass is 35.5. The molecule has 0 radical (unpaired) electrons. The van der Waals surface area contributed by atoms with Crippen LogP contribution in [0.2, 0.25) is 5.02 Å². The van der Waals surface area contributed by atoms with Crippen LogP contribution in [-0.2, 0) is 19.6 Å². The van der Waals surface area contributed by atoms with E-state index in [-0.39, 0.29) is 36.4 Å². The lowest BCUT2D eigenvalue weighted by Crippen LogP contribution is -2.36. The number of nitrogens with zero attached hydrogens (tertiary/aromatic N) is 4. The van der Waals surface area contributed by atoms with Gasteiger partial charge in [-0.2, -0.15) is 10.5 Å². The van der Waals surface area contributed by atoms with Gasteiger partial charge in [-0.25, -0.2) is 13.2 Å². The molecule has 0 aromatic heterocycles. The third-order valence-electron chi connectivity index (χ3n) is 4.57. The predicted octanol–water partition coefficient (Wildman–Crippen LogP) is 2.98. The summed E-state index contributed by atoms with van der Waals surface area (Å²) in [6.45, 7) is -0.384. The Bertz CT molecular complexity index is 1190. The summed E-state index contributed by atoms with van der Waals surface area (Å²) in [6.07, 6.45) is 0.149. The molecule has 33 heavy (non-hydrogen) atoms. The van der Waals surface area contributed by atoms with Crippen LogP contribution in [0.25, 0.3) is 0 Å². The molecule has 2 rings (SSSR count). The first-order valence-corrected chi connectivity index (χ1v) is 11.6. The number of carbonyl (C=O) groups is 2. The number of amides is 1. The Labute approximate surface area is 197 Å². The van der Waals surface area contributed by atoms with E-state index in [2.05, 4.69) is 0 Å². The van der Waals surface area contributed by atoms with Crippen LogP contribution < -0.4 is 4.31 Å². The maximum absolute atomic E-state index is 13.0. The highest BCUT2D eigenvalue weighted by Gasteiger charge is 2.23. The van der Waals surface area contributed by atoms with Crippen molar-refractivity contribution < 1.29 is 22.7 Å². The number of hydrogen-bond donors (Lipinski definition) is 0. The quantitative estimate of drug-likeness (QED) is 0.469. The van der Waals surface area contributed by atoms with E-state index >= 15 is 0 Å². The van der Waals surface area contributed by atoms with E-state index in [0.717, 1.165) is 10.4 Å². The van der Waals surface area contributed by atoms with E-state index in [9.17, 15) is 18.0 Å². The number of rotatable bonds is 10. The minimum Gasteiger partial charge on any atom is -0.452 e. The maximum Gasteiger partial charge on any atom is 0.338 e.